The molecule has 2 N–H and O–H groups in total. The van der Waals surface area contributed by atoms with Gasteiger partial charge in [0.05, 0.1) is 5.56 Å². The van der Waals surface area contributed by atoms with Crippen LogP contribution in [0, 0.1) is 13.8 Å². The Morgan fingerprint density at radius 2 is 1.79 bits per heavy atom. The van der Waals surface area contributed by atoms with E-state index in [1.807, 2.05) is 26.0 Å². The predicted octanol–water partition coefficient (Wildman–Crippen LogP) is 3.77. The highest BCUT2D eigenvalue weighted by atomic mass is 16.5. The summed E-state index contributed by atoms with van der Waals surface area (Å²) in [5.74, 6) is -0.267. The van der Waals surface area contributed by atoms with E-state index in [4.69, 9.17) is 10.5 Å². The third kappa shape index (κ3) is 3.49. The number of hydrogen-bond donors (Lipinski definition) is 1. The van der Waals surface area contributed by atoms with E-state index in [2.05, 4.69) is 0 Å². The van der Waals surface area contributed by atoms with Crippen molar-refractivity contribution in [3.63, 3.8) is 0 Å². The molecule has 0 amide bonds. The Morgan fingerprint density at radius 3 is 2.42 bits per heavy atom. The van der Waals surface area contributed by atoms with Crippen LogP contribution in [0.3, 0.4) is 0 Å². The zero-order chi connectivity index (χ0) is 13.8. The Morgan fingerprint density at radius 1 is 1.16 bits per heavy atom. The number of anilines is 1. The molecule has 0 aliphatic heterocycles. The van der Waals surface area contributed by atoms with Crippen molar-refractivity contribution in [2.45, 2.75) is 58.5 Å². The van der Waals surface area contributed by atoms with Gasteiger partial charge in [0, 0.05) is 5.69 Å². The second-order valence-corrected chi connectivity index (χ2v) is 5.56. The fraction of sp³-hybridized carbons (Fsp3) is 0.562. The van der Waals surface area contributed by atoms with Crippen LogP contribution >= 0.6 is 0 Å². The maximum absolute atomic E-state index is 12.2. The lowest BCUT2D eigenvalue weighted by Crippen LogP contribution is -2.19. The largest absolute Gasteiger partial charge is 0.459 e. The topological polar surface area (TPSA) is 52.3 Å². The molecule has 1 aliphatic rings. The van der Waals surface area contributed by atoms with E-state index in [9.17, 15) is 4.79 Å². The van der Waals surface area contributed by atoms with Crippen molar-refractivity contribution in [1.29, 1.82) is 0 Å². The van der Waals surface area contributed by atoms with Gasteiger partial charge in [0.2, 0.25) is 0 Å². The number of rotatable bonds is 2. The van der Waals surface area contributed by atoms with Crippen LogP contribution in [0.5, 0.6) is 0 Å². The number of carbonyl (C=O) groups excluding carboxylic acids is 1. The van der Waals surface area contributed by atoms with Gasteiger partial charge in [0.1, 0.15) is 6.10 Å². The van der Waals surface area contributed by atoms with Crippen LogP contribution in [-0.4, -0.2) is 12.1 Å². The fourth-order valence-corrected chi connectivity index (χ4v) is 2.72. The summed E-state index contributed by atoms with van der Waals surface area (Å²) < 4.78 is 5.63. The number of hydrogen-bond acceptors (Lipinski definition) is 3. The van der Waals surface area contributed by atoms with Gasteiger partial charge in [0.25, 0.3) is 0 Å². The monoisotopic (exact) mass is 261 g/mol. The predicted molar refractivity (Wildman–Crippen MR) is 77.2 cm³/mol. The zero-order valence-electron chi connectivity index (χ0n) is 11.9. The molecule has 19 heavy (non-hydrogen) atoms. The lowest BCUT2D eigenvalue weighted by molar-refractivity contribution is 0.0268. The van der Waals surface area contributed by atoms with E-state index < -0.39 is 0 Å². The number of ether oxygens (including phenoxy) is 1. The molecule has 0 saturated heterocycles. The van der Waals surface area contributed by atoms with Crippen molar-refractivity contribution in [3.8, 4) is 0 Å². The first-order valence-corrected chi connectivity index (χ1v) is 7.15. The number of nitrogen functional groups attached to an aromatic ring is 1. The summed E-state index contributed by atoms with van der Waals surface area (Å²) in [7, 11) is 0. The minimum absolute atomic E-state index is 0.0650. The van der Waals surface area contributed by atoms with Crippen LogP contribution in [0.4, 0.5) is 5.69 Å². The van der Waals surface area contributed by atoms with Crippen LogP contribution in [-0.2, 0) is 4.74 Å². The number of benzene rings is 1. The first-order chi connectivity index (χ1) is 9.08. The van der Waals surface area contributed by atoms with Crippen LogP contribution in [0.2, 0.25) is 0 Å². The van der Waals surface area contributed by atoms with Crippen LogP contribution < -0.4 is 5.73 Å². The molecule has 1 aliphatic carbocycles. The van der Waals surface area contributed by atoms with Gasteiger partial charge < -0.3 is 10.5 Å². The van der Waals surface area contributed by atoms with Crippen molar-refractivity contribution in [3.05, 3.63) is 28.8 Å². The fourth-order valence-electron chi connectivity index (χ4n) is 2.72. The summed E-state index contributed by atoms with van der Waals surface area (Å²) in [6.45, 7) is 3.89. The SMILES string of the molecule is Cc1cc(C)c(N)c(C(=O)OC2CCCCCC2)c1. The molecule has 0 radical (unpaired) electrons. The molecule has 2 rings (SSSR count). The van der Waals surface area contributed by atoms with Crippen molar-refractivity contribution < 1.29 is 9.53 Å². The van der Waals surface area contributed by atoms with Gasteiger partial charge in [-0.2, -0.15) is 0 Å². The summed E-state index contributed by atoms with van der Waals surface area (Å²) in [5.41, 5.74) is 9.03. The van der Waals surface area contributed by atoms with Gasteiger partial charge in [-0.25, -0.2) is 4.79 Å². The van der Waals surface area contributed by atoms with Gasteiger partial charge in [-0.05, 0) is 56.7 Å². The van der Waals surface area contributed by atoms with E-state index in [1.165, 1.54) is 12.8 Å². The maximum Gasteiger partial charge on any atom is 0.340 e. The molecule has 1 aromatic carbocycles. The molecule has 0 bridgehead atoms. The molecular weight excluding hydrogens is 238 g/mol. The Balaban J connectivity index is 2.11. The first kappa shape index (κ1) is 13.9. The summed E-state index contributed by atoms with van der Waals surface area (Å²) in [6.07, 6.45) is 6.84. The molecule has 1 aromatic rings. The summed E-state index contributed by atoms with van der Waals surface area (Å²) in [4.78, 5) is 12.2. The smallest absolute Gasteiger partial charge is 0.340 e. The van der Waals surface area contributed by atoms with Crippen LogP contribution in [0.25, 0.3) is 0 Å². The molecule has 1 saturated carbocycles. The Bertz CT molecular complexity index is 460. The number of aryl methyl sites for hydroxylation is 2. The van der Waals surface area contributed by atoms with E-state index in [0.29, 0.717) is 11.3 Å². The zero-order valence-corrected chi connectivity index (χ0v) is 11.9. The van der Waals surface area contributed by atoms with E-state index in [0.717, 1.165) is 36.8 Å². The number of nitrogens with two attached hydrogens (primary N) is 1. The summed E-state index contributed by atoms with van der Waals surface area (Å²) >= 11 is 0. The molecule has 0 aromatic heterocycles. The molecule has 3 heteroatoms. The molecular formula is C16H23NO2. The van der Waals surface area contributed by atoms with Crippen molar-refractivity contribution in [2.75, 3.05) is 5.73 Å². The quantitative estimate of drug-likeness (QED) is 0.501. The van der Waals surface area contributed by atoms with Gasteiger partial charge in [-0.3, -0.25) is 0 Å². The molecule has 1 fully saturated rings. The van der Waals surface area contributed by atoms with Gasteiger partial charge >= 0.3 is 5.97 Å². The van der Waals surface area contributed by atoms with Crippen LogP contribution in [0.15, 0.2) is 12.1 Å². The Kier molecular flexibility index (Phi) is 4.46. The van der Waals surface area contributed by atoms with Crippen molar-refractivity contribution in [1.82, 2.24) is 0 Å². The third-order valence-corrected chi connectivity index (χ3v) is 3.83. The lowest BCUT2D eigenvalue weighted by atomic mass is 10.0. The standard InChI is InChI=1S/C16H23NO2/c1-11-9-12(2)15(17)14(10-11)16(18)19-13-7-5-3-4-6-8-13/h9-10,13H,3-8,17H2,1-2H3. The minimum atomic E-state index is -0.267. The Hall–Kier alpha value is -1.51. The first-order valence-electron chi connectivity index (χ1n) is 7.15. The van der Waals surface area contributed by atoms with Crippen LogP contribution in [0.1, 0.15) is 60.0 Å². The molecule has 3 nitrogen and oxygen atoms in total. The summed E-state index contributed by atoms with van der Waals surface area (Å²) in [6, 6.07) is 3.80. The highest BCUT2D eigenvalue weighted by molar-refractivity contribution is 5.96. The molecule has 104 valence electrons. The summed E-state index contributed by atoms with van der Waals surface area (Å²) in [5, 5.41) is 0. The average Bonchev–Trinajstić information content (AvgIpc) is 2.62. The molecule has 0 unspecified atom stereocenters. The van der Waals surface area contributed by atoms with Gasteiger partial charge in [-0.1, -0.05) is 18.9 Å². The highest BCUT2D eigenvalue weighted by Crippen LogP contribution is 2.24. The average molecular weight is 261 g/mol. The van der Waals surface area contributed by atoms with E-state index in [-0.39, 0.29) is 12.1 Å². The number of esters is 1. The number of carbonyl (C=O) groups is 1. The molecule has 0 atom stereocenters. The third-order valence-electron chi connectivity index (χ3n) is 3.83. The minimum Gasteiger partial charge on any atom is -0.459 e. The normalized spacial score (nSPS) is 16.9. The lowest BCUT2D eigenvalue weighted by Gasteiger charge is -2.17. The van der Waals surface area contributed by atoms with Gasteiger partial charge in [0.15, 0.2) is 0 Å². The second kappa shape index (κ2) is 6.09. The maximum atomic E-state index is 12.2. The van der Waals surface area contributed by atoms with E-state index >= 15 is 0 Å². The molecule has 0 heterocycles. The molecule has 0 spiro atoms. The Labute approximate surface area is 115 Å². The van der Waals surface area contributed by atoms with Crippen molar-refractivity contribution in [2.24, 2.45) is 0 Å². The van der Waals surface area contributed by atoms with E-state index in [1.54, 1.807) is 0 Å². The highest BCUT2D eigenvalue weighted by Gasteiger charge is 2.20. The van der Waals surface area contributed by atoms with Gasteiger partial charge in [-0.15, -0.1) is 0 Å². The van der Waals surface area contributed by atoms with Crippen molar-refractivity contribution >= 4 is 11.7 Å². The second-order valence-electron chi connectivity index (χ2n) is 5.56.